The number of halogens is 5. The molecule has 0 aliphatic rings. The number of hydrogen-bond acceptors (Lipinski definition) is 3. The number of rotatable bonds is 4. The molecule has 2 aromatic carbocycles. The predicted octanol–water partition coefficient (Wildman–Crippen LogP) is 4.77. The molecule has 0 saturated carbocycles. The van der Waals surface area contributed by atoms with Gasteiger partial charge < -0.3 is 10.6 Å². The highest BCUT2D eigenvalue weighted by atomic mass is 19.2. The molecule has 0 spiro atoms. The normalized spacial score (nSPS) is 10.6. The van der Waals surface area contributed by atoms with Gasteiger partial charge in [-0.05, 0) is 36.4 Å². The van der Waals surface area contributed by atoms with Crippen molar-refractivity contribution in [2.45, 2.75) is 0 Å². The highest BCUT2D eigenvalue weighted by Gasteiger charge is 2.17. The van der Waals surface area contributed by atoms with Crippen molar-refractivity contribution in [1.29, 1.82) is 0 Å². The maximum Gasteiger partial charge on any atom is 0.274 e. The first kappa shape index (κ1) is 18.3. The van der Waals surface area contributed by atoms with Crippen molar-refractivity contribution in [3.05, 3.63) is 83.4 Å². The zero-order chi connectivity index (χ0) is 19.6. The minimum Gasteiger partial charge on any atom is -0.351 e. The number of pyridine rings is 1. The molecule has 1 aromatic heterocycles. The third kappa shape index (κ3) is 3.86. The van der Waals surface area contributed by atoms with E-state index in [0.29, 0.717) is 6.07 Å². The van der Waals surface area contributed by atoms with Gasteiger partial charge >= 0.3 is 0 Å². The van der Waals surface area contributed by atoms with Gasteiger partial charge in [0.15, 0.2) is 17.5 Å². The highest BCUT2D eigenvalue weighted by Crippen LogP contribution is 2.24. The molecule has 3 rings (SSSR count). The summed E-state index contributed by atoms with van der Waals surface area (Å²) in [7, 11) is 0. The monoisotopic (exact) mass is 379 g/mol. The topological polar surface area (TPSA) is 54.0 Å². The molecule has 27 heavy (non-hydrogen) atoms. The van der Waals surface area contributed by atoms with E-state index < -0.39 is 46.4 Å². The van der Waals surface area contributed by atoms with Crippen molar-refractivity contribution in [3.8, 4) is 0 Å². The van der Waals surface area contributed by atoms with E-state index in [2.05, 4.69) is 10.3 Å². The first-order valence-electron chi connectivity index (χ1n) is 7.48. The lowest BCUT2D eigenvalue weighted by molar-refractivity contribution is 0.102. The number of para-hydroxylation sites is 1. The summed E-state index contributed by atoms with van der Waals surface area (Å²) in [6.45, 7) is 0. The number of amides is 1. The molecular formula is C18H10F5N3O. The Morgan fingerprint density at radius 1 is 0.852 bits per heavy atom. The van der Waals surface area contributed by atoms with Crippen LogP contribution < -0.4 is 10.6 Å². The predicted molar refractivity (Wildman–Crippen MR) is 88.1 cm³/mol. The van der Waals surface area contributed by atoms with Gasteiger partial charge in [-0.25, -0.2) is 22.0 Å². The third-order valence-electron chi connectivity index (χ3n) is 3.51. The van der Waals surface area contributed by atoms with Gasteiger partial charge in [0.25, 0.3) is 5.91 Å². The molecule has 3 aromatic rings. The van der Waals surface area contributed by atoms with Gasteiger partial charge in [0, 0.05) is 11.9 Å². The fourth-order valence-electron chi connectivity index (χ4n) is 2.20. The second-order valence-electron chi connectivity index (χ2n) is 5.33. The number of hydrogen-bond donors (Lipinski definition) is 2. The first-order valence-corrected chi connectivity index (χ1v) is 7.48. The molecule has 9 heteroatoms. The summed E-state index contributed by atoms with van der Waals surface area (Å²) in [6.07, 6.45) is 1.18. The van der Waals surface area contributed by atoms with Crippen LogP contribution >= 0.6 is 0 Å². The molecular weight excluding hydrogens is 369 g/mol. The second-order valence-corrected chi connectivity index (χ2v) is 5.33. The van der Waals surface area contributed by atoms with Gasteiger partial charge in [0.1, 0.15) is 23.0 Å². The maximum absolute atomic E-state index is 13.7. The van der Waals surface area contributed by atoms with Crippen molar-refractivity contribution in [1.82, 2.24) is 4.98 Å². The second kappa shape index (κ2) is 7.40. The van der Waals surface area contributed by atoms with E-state index in [1.54, 1.807) is 0 Å². The lowest BCUT2D eigenvalue weighted by Crippen LogP contribution is -2.15. The van der Waals surface area contributed by atoms with E-state index >= 15 is 0 Å². The molecule has 0 aliphatic heterocycles. The summed E-state index contributed by atoms with van der Waals surface area (Å²) >= 11 is 0. The van der Waals surface area contributed by atoms with Crippen molar-refractivity contribution < 1.29 is 26.7 Å². The molecule has 1 heterocycles. The Morgan fingerprint density at radius 2 is 1.56 bits per heavy atom. The minimum atomic E-state index is -1.73. The van der Waals surface area contributed by atoms with Crippen LogP contribution in [0.2, 0.25) is 0 Å². The number of aromatic nitrogens is 1. The molecule has 0 aliphatic carbocycles. The fourth-order valence-corrected chi connectivity index (χ4v) is 2.20. The molecule has 0 saturated heterocycles. The van der Waals surface area contributed by atoms with Crippen molar-refractivity contribution in [3.63, 3.8) is 0 Å². The van der Waals surface area contributed by atoms with E-state index in [9.17, 15) is 26.7 Å². The van der Waals surface area contributed by atoms with Crippen LogP contribution in [0.4, 0.5) is 39.0 Å². The third-order valence-corrected chi connectivity index (χ3v) is 3.51. The van der Waals surface area contributed by atoms with E-state index in [0.717, 1.165) is 24.3 Å². The summed E-state index contributed by atoms with van der Waals surface area (Å²) in [5.74, 6) is -7.32. The average molecular weight is 379 g/mol. The Labute approximate surface area is 149 Å². The van der Waals surface area contributed by atoms with Gasteiger partial charge in [0.05, 0.1) is 5.69 Å². The molecule has 1 amide bonds. The number of benzene rings is 2. The van der Waals surface area contributed by atoms with Crippen LogP contribution in [0, 0.1) is 29.1 Å². The smallest absolute Gasteiger partial charge is 0.274 e. The number of nitrogens with one attached hydrogen (secondary N) is 2. The Bertz CT molecular complexity index is 1010. The van der Waals surface area contributed by atoms with Crippen LogP contribution in [0.15, 0.2) is 48.7 Å². The first-order chi connectivity index (χ1) is 12.9. The molecule has 2 N–H and O–H groups in total. The lowest BCUT2D eigenvalue weighted by Gasteiger charge is -2.10. The van der Waals surface area contributed by atoms with Crippen LogP contribution in [0.3, 0.4) is 0 Å². The molecule has 0 unspecified atom stereocenters. The molecule has 138 valence electrons. The quantitative estimate of drug-likeness (QED) is 0.507. The molecule has 0 radical (unpaired) electrons. The summed E-state index contributed by atoms with van der Waals surface area (Å²) in [6, 6.07) is 7.29. The van der Waals surface area contributed by atoms with Crippen LogP contribution in [0.1, 0.15) is 10.5 Å². The fraction of sp³-hybridized carbons (Fsp3) is 0. The van der Waals surface area contributed by atoms with E-state index in [4.69, 9.17) is 0 Å². The highest BCUT2D eigenvalue weighted by molar-refractivity contribution is 6.03. The Balaban J connectivity index is 1.83. The maximum atomic E-state index is 13.7. The van der Waals surface area contributed by atoms with Crippen molar-refractivity contribution in [2.24, 2.45) is 0 Å². The van der Waals surface area contributed by atoms with E-state index in [1.165, 1.54) is 18.3 Å². The van der Waals surface area contributed by atoms with Gasteiger partial charge in [-0.2, -0.15) is 0 Å². The number of nitrogens with zero attached hydrogens (tertiary/aromatic N) is 1. The van der Waals surface area contributed by atoms with Crippen LogP contribution in [-0.2, 0) is 0 Å². The number of carbonyl (C=O) groups is 1. The Kier molecular flexibility index (Phi) is 5.02. The van der Waals surface area contributed by atoms with Gasteiger partial charge in [-0.1, -0.05) is 6.07 Å². The van der Waals surface area contributed by atoms with Crippen molar-refractivity contribution >= 4 is 23.0 Å². The SMILES string of the molecule is O=C(Nc1ccc(F)c(F)c1F)c1cc(Nc2c(F)cccc2F)ccn1. The Morgan fingerprint density at radius 3 is 2.26 bits per heavy atom. The van der Waals surface area contributed by atoms with Crippen molar-refractivity contribution in [2.75, 3.05) is 10.6 Å². The zero-order valence-corrected chi connectivity index (χ0v) is 13.4. The molecule has 0 bridgehead atoms. The standard InChI is InChI=1S/C18H10F5N3O/c19-10-4-5-13(16(23)15(10)22)26-18(27)14-8-9(6-7-24-14)25-17-11(20)2-1-3-12(17)21/h1-8H,(H,24,25)(H,26,27). The number of carbonyl (C=O) groups excluding carboxylic acids is 1. The van der Waals surface area contributed by atoms with E-state index in [-0.39, 0.29) is 11.4 Å². The largest absolute Gasteiger partial charge is 0.351 e. The molecule has 4 nitrogen and oxygen atoms in total. The molecule has 0 atom stereocenters. The molecule has 0 fully saturated rings. The lowest BCUT2D eigenvalue weighted by atomic mass is 10.2. The van der Waals surface area contributed by atoms with E-state index in [1.807, 2.05) is 5.32 Å². The van der Waals surface area contributed by atoms with Gasteiger partial charge in [0.2, 0.25) is 0 Å². The van der Waals surface area contributed by atoms with Crippen LogP contribution in [-0.4, -0.2) is 10.9 Å². The summed E-state index contributed by atoms with van der Waals surface area (Å²) in [5.41, 5.74) is -1.13. The zero-order valence-electron chi connectivity index (χ0n) is 13.4. The van der Waals surface area contributed by atoms with Gasteiger partial charge in [-0.15, -0.1) is 0 Å². The van der Waals surface area contributed by atoms with Crippen LogP contribution in [0.5, 0.6) is 0 Å². The summed E-state index contributed by atoms with van der Waals surface area (Å²) in [5, 5.41) is 4.52. The summed E-state index contributed by atoms with van der Waals surface area (Å²) < 4.78 is 67.2. The Hall–Kier alpha value is -3.49. The average Bonchev–Trinajstić information content (AvgIpc) is 2.65. The summed E-state index contributed by atoms with van der Waals surface area (Å²) in [4.78, 5) is 15.9. The van der Waals surface area contributed by atoms with Crippen LogP contribution in [0.25, 0.3) is 0 Å². The van der Waals surface area contributed by atoms with Gasteiger partial charge in [-0.3, -0.25) is 9.78 Å². The number of anilines is 3. The minimum absolute atomic E-state index is 0.130.